The van der Waals surface area contributed by atoms with E-state index >= 15 is 0 Å². The summed E-state index contributed by atoms with van der Waals surface area (Å²) >= 11 is 1.33. The van der Waals surface area contributed by atoms with Gasteiger partial charge in [0.25, 0.3) is 0 Å². The van der Waals surface area contributed by atoms with Gasteiger partial charge in [0, 0.05) is 41.3 Å². The first-order chi connectivity index (χ1) is 15.7. The molecule has 6 nitrogen and oxygen atoms in total. The predicted octanol–water partition coefficient (Wildman–Crippen LogP) is 6.05. The van der Waals surface area contributed by atoms with Crippen LogP contribution in [-0.4, -0.2) is 23.3 Å². The van der Waals surface area contributed by atoms with E-state index in [2.05, 4.69) is 52.5 Å². The second-order valence-corrected chi connectivity index (χ2v) is 8.38. The molecule has 5 rings (SSSR count). The third kappa shape index (κ3) is 3.71. The third-order valence-electron chi connectivity index (χ3n) is 5.53. The zero-order valence-electron chi connectivity index (χ0n) is 17.8. The highest BCUT2D eigenvalue weighted by molar-refractivity contribution is 7.18. The van der Waals surface area contributed by atoms with Crippen molar-refractivity contribution >= 4 is 49.6 Å². The van der Waals surface area contributed by atoms with Gasteiger partial charge in [0.05, 0.1) is 5.56 Å². The normalized spacial score (nSPS) is 11.2. The van der Waals surface area contributed by atoms with E-state index in [1.807, 2.05) is 48.5 Å². The van der Waals surface area contributed by atoms with Gasteiger partial charge in [0.1, 0.15) is 5.58 Å². The highest BCUT2D eigenvalue weighted by atomic mass is 32.1. The van der Waals surface area contributed by atoms with Gasteiger partial charge in [-0.05, 0) is 43.5 Å². The van der Waals surface area contributed by atoms with Crippen molar-refractivity contribution in [3.05, 3.63) is 77.2 Å². The van der Waals surface area contributed by atoms with Crippen LogP contribution in [0.4, 0.5) is 16.5 Å². The molecule has 2 heterocycles. The molecule has 0 atom stereocenters. The Morgan fingerprint density at radius 3 is 2.59 bits per heavy atom. The lowest BCUT2D eigenvalue weighted by molar-refractivity contribution is 0.563. The standard InChI is InChI=1S/C25H22N4O2S/c1-3-29(4-2)18-13-12-17-14-20(24(30)31-22(17)15-18)23-27-28-25(32-23)26-21-11-7-9-16-8-5-6-10-19(16)21/h5-15H,3-4H2,1-2H3,(H,26,28). The molecule has 3 aromatic carbocycles. The lowest BCUT2D eigenvalue weighted by Gasteiger charge is -2.20. The number of fused-ring (bicyclic) bond motifs is 2. The van der Waals surface area contributed by atoms with Gasteiger partial charge < -0.3 is 14.6 Å². The molecule has 0 fully saturated rings. The summed E-state index contributed by atoms with van der Waals surface area (Å²) in [6, 6.07) is 22.0. The lowest BCUT2D eigenvalue weighted by atomic mass is 10.1. The van der Waals surface area contributed by atoms with Crippen molar-refractivity contribution in [3.8, 4) is 10.6 Å². The number of rotatable bonds is 6. The highest BCUT2D eigenvalue weighted by Crippen LogP contribution is 2.31. The third-order valence-corrected chi connectivity index (χ3v) is 6.41. The minimum Gasteiger partial charge on any atom is -0.422 e. The molecule has 0 aliphatic rings. The monoisotopic (exact) mass is 442 g/mol. The first-order valence-corrected chi connectivity index (χ1v) is 11.4. The maximum atomic E-state index is 12.7. The van der Waals surface area contributed by atoms with Gasteiger partial charge in [-0.1, -0.05) is 47.7 Å². The molecule has 160 valence electrons. The van der Waals surface area contributed by atoms with E-state index in [1.54, 1.807) is 0 Å². The van der Waals surface area contributed by atoms with Crippen LogP contribution < -0.4 is 15.8 Å². The average Bonchev–Trinajstić information content (AvgIpc) is 3.28. The number of anilines is 3. The number of hydrogen-bond acceptors (Lipinski definition) is 7. The molecule has 0 radical (unpaired) electrons. The molecule has 5 aromatic rings. The molecule has 0 saturated heterocycles. The van der Waals surface area contributed by atoms with E-state index in [1.165, 1.54) is 11.3 Å². The Morgan fingerprint density at radius 2 is 1.75 bits per heavy atom. The number of aromatic nitrogens is 2. The fourth-order valence-electron chi connectivity index (χ4n) is 3.87. The van der Waals surface area contributed by atoms with Crippen LogP contribution in [0.5, 0.6) is 0 Å². The van der Waals surface area contributed by atoms with Crippen LogP contribution in [0, 0.1) is 0 Å². The summed E-state index contributed by atoms with van der Waals surface area (Å²) in [5, 5.41) is 16.1. The summed E-state index contributed by atoms with van der Waals surface area (Å²) in [6.45, 7) is 5.99. The molecular formula is C25H22N4O2S. The zero-order chi connectivity index (χ0) is 22.1. The van der Waals surface area contributed by atoms with Crippen molar-refractivity contribution in [2.24, 2.45) is 0 Å². The lowest BCUT2D eigenvalue weighted by Crippen LogP contribution is -2.21. The number of nitrogens with zero attached hydrogens (tertiary/aromatic N) is 3. The Balaban J connectivity index is 1.48. The van der Waals surface area contributed by atoms with Crippen molar-refractivity contribution in [2.45, 2.75) is 13.8 Å². The Bertz CT molecular complexity index is 1460. The van der Waals surface area contributed by atoms with Gasteiger partial charge in [-0.25, -0.2) is 4.79 Å². The summed E-state index contributed by atoms with van der Waals surface area (Å²) in [5.41, 5.74) is 2.55. The van der Waals surface area contributed by atoms with E-state index in [4.69, 9.17) is 4.42 Å². The van der Waals surface area contributed by atoms with Crippen molar-refractivity contribution in [1.29, 1.82) is 0 Å². The SMILES string of the molecule is CCN(CC)c1ccc2cc(-c3nnc(Nc4cccc5ccccc45)s3)c(=O)oc2c1. The van der Waals surface area contributed by atoms with Crippen LogP contribution in [0.3, 0.4) is 0 Å². The van der Waals surface area contributed by atoms with Gasteiger partial charge in [-0.2, -0.15) is 0 Å². The number of benzene rings is 3. The number of nitrogens with one attached hydrogen (secondary N) is 1. The molecule has 0 saturated carbocycles. The van der Waals surface area contributed by atoms with Gasteiger partial charge in [-0.15, -0.1) is 10.2 Å². The van der Waals surface area contributed by atoms with Gasteiger partial charge in [-0.3, -0.25) is 0 Å². The van der Waals surface area contributed by atoms with E-state index in [0.717, 1.165) is 40.6 Å². The smallest absolute Gasteiger partial charge is 0.346 e. The number of hydrogen-bond donors (Lipinski definition) is 1. The molecule has 1 N–H and O–H groups in total. The van der Waals surface area contributed by atoms with Gasteiger partial charge in [0.2, 0.25) is 5.13 Å². The predicted molar refractivity (Wildman–Crippen MR) is 132 cm³/mol. The van der Waals surface area contributed by atoms with Gasteiger partial charge >= 0.3 is 5.63 Å². The molecule has 0 aliphatic heterocycles. The minimum atomic E-state index is -0.415. The maximum Gasteiger partial charge on any atom is 0.346 e. The summed E-state index contributed by atoms with van der Waals surface area (Å²) in [7, 11) is 0. The van der Waals surface area contributed by atoms with Gasteiger partial charge in [0.15, 0.2) is 5.01 Å². The fraction of sp³-hybridized carbons (Fsp3) is 0.160. The van der Waals surface area contributed by atoms with Crippen LogP contribution in [0.25, 0.3) is 32.3 Å². The molecule has 0 amide bonds. The quantitative estimate of drug-likeness (QED) is 0.323. The first-order valence-electron chi connectivity index (χ1n) is 10.6. The molecule has 7 heteroatoms. The minimum absolute atomic E-state index is 0.413. The summed E-state index contributed by atoms with van der Waals surface area (Å²) < 4.78 is 5.65. The molecule has 0 unspecified atom stereocenters. The molecule has 2 aromatic heterocycles. The van der Waals surface area contributed by atoms with Crippen LogP contribution in [0.15, 0.2) is 75.9 Å². The largest absolute Gasteiger partial charge is 0.422 e. The van der Waals surface area contributed by atoms with Crippen molar-refractivity contribution in [3.63, 3.8) is 0 Å². The Morgan fingerprint density at radius 1 is 0.938 bits per heavy atom. The fourth-order valence-corrected chi connectivity index (χ4v) is 4.63. The molecule has 0 spiro atoms. The molecule has 0 bridgehead atoms. The summed E-state index contributed by atoms with van der Waals surface area (Å²) in [6.07, 6.45) is 0. The van der Waals surface area contributed by atoms with Crippen molar-refractivity contribution in [1.82, 2.24) is 10.2 Å². The molecular weight excluding hydrogens is 420 g/mol. The van der Waals surface area contributed by atoms with Crippen molar-refractivity contribution in [2.75, 3.05) is 23.3 Å². The average molecular weight is 443 g/mol. The van der Waals surface area contributed by atoms with E-state index in [9.17, 15) is 4.79 Å². The topological polar surface area (TPSA) is 71.3 Å². The Labute approximate surface area is 189 Å². The molecule has 32 heavy (non-hydrogen) atoms. The van der Waals surface area contributed by atoms with E-state index in [0.29, 0.717) is 21.3 Å². The molecule has 0 aliphatic carbocycles. The second kappa shape index (κ2) is 8.43. The van der Waals surface area contributed by atoms with Crippen LogP contribution in [0.2, 0.25) is 0 Å². The zero-order valence-corrected chi connectivity index (χ0v) is 18.6. The maximum absolute atomic E-state index is 12.7. The van der Waals surface area contributed by atoms with E-state index in [-0.39, 0.29) is 0 Å². The summed E-state index contributed by atoms with van der Waals surface area (Å²) in [5.74, 6) is 0. The Hall–Kier alpha value is -3.71. The highest BCUT2D eigenvalue weighted by Gasteiger charge is 2.15. The second-order valence-electron chi connectivity index (χ2n) is 7.41. The van der Waals surface area contributed by atoms with E-state index < -0.39 is 5.63 Å². The van der Waals surface area contributed by atoms with Crippen LogP contribution in [0.1, 0.15) is 13.8 Å². The first kappa shape index (κ1) is 20.2. The summed E-state index contributed by atoms with van der Waals surface area (Å²) in [4.78, 5) is 14.9. The van der Waals surface area contributed by atoms with Crippen LogP contribution >= 0.6 is 11.3 Å². The van der Waals surface area contributed by atoms with Crippen molar-refractivity contribution < 1.29 is 4.42 Å². The Kier molecular flexibility index (Phi) is 5.33. The van der Waals surface area contributed by atoms with Crippen LogP contribution in [-0.2, 0) is 0 Å².